The molecule has 186 valence electrons. The number of rotatable bonds is 5. The minimum atomic E-state index is -0.281. The number of H-pyrrole nitrogens is 1. The fraction of sp³-hybridized carbons (Fsp3) is 0.360. The van der Waals surface area contributed by atoms with Gasteiger partial charge in [0.25, 0.3) is 5.91 Å². The van der Waals surface area contributed by atoms with Crippen molar-refractivity contribution < 1.29 is 9.53 Å². The number of carbonyl (C=O) groups is 1. The van der Waals surface area contributed by atoms with Crippen LogP contribution in [0.4, 0.5) is 11.4 Å². The molecule has 0 radical (unpaired) electrons. The highest BCUT2D eigenvalue weighted by Gasteiger charge is 2.32. The molecule has 0 saturated carbocycles. The molecule has 1 saturated heterocycles. The lowest BCUT2D eigenvalue weighted by Crippen LogP contribution is -2.46. The molecule has 1 aromatic carbocycles. The largest absolute Gasteiger partial charge is 0.487 e. The van der Waals surface area contributed by atoms with Gasteiger partial charge in [0.2, 0.25) is 0 Å². The summed E-state index contributed by atoms with van der Waals surface area (Å²) in [5.41, 5.74) is 4.39. The van der Waals surface area contributed by atoms with Crippen molar-refractivity contribution in [2.24, 2.45) is 0 Å². The summed E-state index contributed by atoms with van der Waals surface area (Å²) in [5.74, 6) is 0.632. The lowest BCUT2D eigenvalue weighted by Gasteiger charge is -2.37. The van der Waals surface area contributed by atoms with Gasteiger partial charge in [0.15, 0.2) is 10.8 Å². The average molecular weight is 507 g/mol. The van der Waals surface area contributed by atoms with Crippen LogP contribution in [0.15, 0.2) is 43.1 Å². The molecule has 2 aliphatic heterocycles. The number of aromatic nitrogens is 5. The third-order valence-corrected chi connectivity index (χ3v) is 7.04. The second kappa shape index (κ2) is 8.79. The highest BCUT2D eigenvalue weighted by molar-refractivity contribution is 6.30. The first-order chi connectivity index (χ1) is 17.4. The van der Waals surface area contributed by atoms with Gasteiger partial charge in [-0.3, -0.25) is 9.69 Å². The quantitative estimate of drug-likeness (QED) is 0.427. The Morgan fingerprint density at radius 1 is 1.22 bits per heavy atom. The van der Waals surface area contributed by atoms with Crippen LogP contribution in [-0.4, -0.2) is 67.2 Å². The van der Waals surface area contributed by atoms with Crippen molar-refractivity contribution in [1.29, 1.82) is 0 Å². The first-order valence-corrected chi connectivity index (χ1v) is 12.3. The van der Waals surface area contributed by atoms with Crippen molar-refractivity contribution >= 4 is 34.5 Å². The smallest absolute Gasteiger partial charge is 0.261 e. The third kappa shape index (κ3) is 4.27. The van der Waals surface area contributed by atoms with Crippen molar-refractivity contribution in [1.82, 2.24) is 29.5 Å². The number of benzene rings is 1. The van der Waals surface area contributed by atoms with E-state index in [4.69, 9.17) is 16.3 Å². The van der Waals surface area contributed by atoms with Crippen LogP contribution in [0.3, 0.4) is 0 Å². The van der Waals surface area contributed by atoms with Gasteiger partial charge in [-0.05, 0) is 26.0 Å². The van der Waals surface area contributed by atoms with Crippen LogP contribution in [-0.2, 0) is 13.0 Å². The maximum absolute atomic E-state index is 13.3. The summed E-state index contributed by atoms with van der Waals surface area (Å²) < 4.78 is 7.82. The zero-order chi connectivity index (χ0) is 24.9. The van der Waals surface area contributed by atoms with Crippen molar-refractivity contribution in [3.8, 4) is 5.75 Å². The SMILES string of the molecule is CC1(C)Cc2cc(NC(=O)c3cnn4cccnc34)c(N3CCN(Cc4[nH]cnc4Cl)CC3)cc2O1. The first-order valence-electron chi connectivity index (χ1n) is 12.0. The summed E-state index contributed by atoms with van der Waals surface area (Å²) in [6.45, 7) is 8.18. The number of fused-ring (bicyclic) bond motifs is 2. The molecule has 0 bridgehead atoms. The van der Waals surface area contributed by atoms with E-state index in [1.807, 2.05) is 6.07 Å². The number of carbonyl (C=O) groups excluding carboxylic acids is 1. The van der Waals surface area contributed by atoms with Crippen molar-refractivity contribution in [3.63, 3.8) is 0 Å². The van der Waals surface area contributed by atoms with Crippen molar-refractivity contribution in [2.45, 2.75) is 32.4 Å². The number of nitrogens with zero attached hydrogens (tertiary/aromatic N) is 6. The van der Waals surface area contributed by atoms with Crippen molar-refractivity contribution in [3.05, 3.63) is 65.1 Å². The van der Waals surface area contributed by atoms with Gasteiger partial charge in [0.1, 0.15) is 16.9 Å². The molecule has 2 aliphatic rings. The van der Waals surface area contributed by atoms with Crippen LogP contribution in [0, 0.1) is 0 Å². The molecule has 36 heavy (non-hydrogen) atoms. The minimum absolute atomic E-state index is 0.240. The van der Waals surface area contributed by atoms with Crippen LogP contribution in [0.1, 0.15) is 35.5 Å². The molecule has 6 rings (SSSR count). The van der Waals surface area contributed by atoms with Crippen LogP contribution in [0.25, 0.3) is 5.65 Å². The van der Waals surface area contributed by atoms with E-state index in [1.54, 1.807) is 35.5 Å². The molecule has 2 N–H and O–H groups in total. The fourth-order valence-corrected chi connectivity index (χ4v) is 5.13. The second-order valence-corrected chi connectivity index (χ2v) is 10.2. The van der Waals surface area contributed by atoms with Gasteiger partial charge in [-0.25, -0.2) is 14.5 Å². The van der Waals surface area contributed by atoms with Crippen molar-refractivity contribution in [2.75, 3.05) is 36.4 Å². The summed E-state index contributed by atoms with van der Waals surface area (Å²) in [5, 5.41) is 7.91. The standard InChI is InChI=1S/C25H27ClN8O2/c1-25(2)12-16-10-18(31-24(35)17-13-30-34-5-3-4-27-23(17)34)20(11-21(16)36-25)33-8-6-32(7-9-33)14-19-22(26)29-15-28-19/h3-5,10-11,13,15H,6-9,12,14H2,1-2H3,(H,28,29)(H,31,35). The molecular formula is C25H27ClN8O2. The molecule has 0 unspecified atom stereocenters. The molecule has 1 fully saturated rings. The molecule has 0 aliphatic carbocycles. The maximum atomic E-state index is 13.3. The normalized spacial score (nSPS) is 17.2. The van der Waals surface area contributed by atoms with E-state index in [2.05, 4.69) is 55.1 Å². The summed E-state index contributed by atoms with van der Waals surface area (Å²) >= 11 is 6.16. The third-order valence-electron chi connectivity index (χ3n) is 6.71. The Morgan fingerprint density at radius 2 is 2.06 bits per heavy atom. The molecule has 4 aromatic rings. The average Bonchev–Trinajstić information content (AvgIpc) is 3.54. The molecule has 1 amide bonds. The fourth-order valence-electron chi connectivity index (χ4n) is 4.96. The second-order valence-electron chi connectivity index (χ2n) is 9.85. The van der Waals surface area contributed by atoms with Crippen LogP contribution in [0.5, 0.6) is 5.75 Å². The van der Waals surface area contributed by atoms with Gasteiger partial charge in [-0.15, -0.1) is 0 Å². The Labute approximate surface area is 213 Å². The Kier molecular flexibility index (Phi) is 5.57. The number of ether oxygens (including phenoxy) is 1. The molecule has 3 aromatic heterocycles. The van der Waals surface area contributed by atoms with E-state index >= 15 is 0 Å². The summed E-state index contributed by atoms with van der Waals surface area (Å²) in [4.78, 5) is 29.5. The van der Waals surface area contributed by atoms with E-state index in [0.29, 0.717) is 16.4 Å². The predicted octanol–water partition coefficient (Wildman–Crippen LogP) is 3.39. The number of piperazine rings is 1. The molecular weight excluding hydrogens is 480 g/mol. The lowest BCUT2D eigenvalue weighted by molar-refractivity contribution is 0.102. The van der Waals surface area contributed by atoms with Gasteiger partial charge in [0.05, 0.1) is 29.6 Å². The lowest BCUT2D eigenvalue weighted by atomic mass is 10.0. The number of amides is 1. The van der Waals surface area contributed by atoms with Gasteiger partial charge >= 0.3 is 0 Å². The summed E-state index contributed by atoms with van der Waals surface area (Å²) in [7, 11) is 0. The van der Waals surface area contributed by atoms with Gasteiger partial charge in [-0.1, -0.05) is 11.6 Å². The maximum Gasteiger partial charge on any atom is 0.261 e. The Bertz CT molecular complexity index is 1440. The number of aromatic amines is 1. The van der Waals surface area contributed by atoms with Crippen LogP contribution < -0.4 is 15.0 Å². The Morgan fingerprint density at radius 3 is 2.83 bits per heavy atom. The topological polar surface area (TPSA) is 104 Å². The van der Waals surface area contributed by atoms with Gasteiger partial charge in [0, 0.05) is 63.2 Å². The van der Waals surface area contributed by atoms with Crippen LogP contribution in [0.2, 0.25) is 5.15 Å². The summed E-state index contributed by atoms with van der Waals surface area (Å²) in [6, 6.07) is 5.89. The molecule has 0 atom stereocenters. The van der Waals surface area contributed by atoms with Crippen LogP contribution >= 0.6 is 11.6 Å². The zero-order valence-corrected chi connectivity index (χ0v) is 20.9. The van der Waals surface area contributed by atoms with Gasteiger partial charge in [-0.2, -0.15) is 5.10 Å². The monoisotopic (exact) mass is 506 g/mol. The molecule has 11 heteroatoms. The minimum Gasteiger partial charge on any atom is -0.487 e. The molecule has 10 nitrogen and oxygen atoms in total. The Hall–Kier alpha value is -3.63. The number of anilines is 2. The van der Waals surface area contributed by atoms with Gasteiger partial charge < -0.3 is 19.9 Å². The Balaban J connectivity index is 1.26. The van der Waals surface area contributed by atoms with E-state index < -0.39 is 0 Å². The number of hydrogen-bond donors (Lipinski definition) is 2. The van der Waals surface area contributed by atoms with E-state index in [-0.39, 0.29) is 11.5 Å². The predicted molar refractivity (Wildman–Crippen MR) is 137 cm³/mol. The van der Waals surface area contributed by atoms with E-state index in [9.17, 15) is 4.79 Å². The number of imidazole rings is 1. The molecule has 5 heterocycles. The van der Waals surface area contributed by atoms with E-state index in [0.717, 1.165) is 67.5 Å². The van der Waals surface area contributed by atoms with E-state index in [1.165, 1.54) is 0 Å². The summed E-state index contributed by atoms with van der Waals surface area (Å²) in [6.07, 6.45) is 7.38. The first kappa shape index (κ1) is 22.8. The number of halogens is 1. The number of nitrogens with one attached hydrogen (secondary N) is 2. The number of hydrogen-bond acceptors (Lipinski definition) is 7. The highest BCUT2D eigenvalue weighted by Crippen LogP contribution is 2.42. The zero-order valence-electron chi connectivity index (χ0n) is 20.2. The molecule has 0 spiro atoms. The highest BCUT2D eigenvalue weighted by atomic mass is 35.5.